The van der Waals surface area contributed by atoms with Crippen molar-refractivity contribution in [2.24, 2.45) is 17.1 Å². The molecular formula is C8H17N. The summed E-state index contributed by atoms with van der Waals surface area (Å²) in [4.78, 5) is 0. The smallest absolute Gasteiger partial charge is 0.00698 e. The molecule has 0 aliphatic heterocycles. The van der Waals surface area contributed by atoms with Crippen molar-refractivity contribution in [3.05, 3.63) is 0 Å². The Morgan fingerprint density at radius 3 is 2.22 bits per heavy atom. The molecule has 1 aliphatic carbocycles. The van der Waals surface area contributed by atoms with Crippen LogP contribution >= 0.6 is 0 Å². The molecule has 0 aromatic rings. The minimum absolute atomic E-state index is 0.458. The van der Waals surface area contributed by atoms with Gasteiger partial charge in [-0.3, -0.25) is 0 Å². The molecule has 54 valence electrons. The maximum atomic E-state index is 5.85. The van der Waals surface area contributed by atoms with Gasteiger partial charge in [-0.1, -0.05) is 20.8 Å². The van der Waals surface area contributed by atoms with E-state index >= 15 is 0 Å². The van der Waals surface area contributed by atoms with Gasteiger partial charge in [0.2, 0.25) is 0 Å². The Balaban J connectivity index is 2.33. The van der Waals surface area contributed by atoms with Crippen LogP contribution in [0, 0.1) is 11.3 Å². The summed E-state index contributed by atoms with van der Waals surface area (Å²) in [6.07, 6.45) is 2.47. The minimum Gasteiger partial charge on any atom is -0.327 e. The lowest BCUT2D eigenvalue weighted by Gasteiger charge is -2.09. The van der Waals surface area contributed by atoms with Crippen LogP contribution in [0.4, 0.5) is 0 Å². The molecule has 0 heterocycles. The van der Waals surface area contributed by atoms with Crippen molar-refractivity contribution < 1.29 is 0 Å². The van der Waals surface area contributed by atoms with Crippen LogP contribution in [0.1, 0.15) is 33.6 Å². The van der Waals surface area contributed by atoms with Crippen LogP contribution in [0.5, 0.6) is 0 Å². The first-order chi connectivity index (χ1) is 4.08. The molecule has 0 aromatic carbocycles. The third kappa shape index (κ3) is 1.26. The van der Waals surface area contributed by atoms with Gasteiger partial charge in [0.15, 0.2) is 0 Å². The van der Waals surface area contributed by atoms with E-state index in [9.17, 15) is 0 Å². The zero-order valence-electron chi connectivity index (χ0n) is 6.65. The summed E-state index contributed by atoms with van der Waals surface area (Å²) in [5, 5.41) is 0. The van der Waals surface area contributed by atoms with Crippen LogP contribution < -0.4 is 5.73 Å². The van der Waals surface area contributed by atoms with Crippen LogP contribution in [0.15, 0.2) is 0 Å². The van der Waals surface area contributed by atoms with Crippen molar-refractivity contribution in [2.45, 2.75) is 39.7 Å². The third-order valence-electron chi connectivity index (χ3n) is 2.58. The number of rotatable bonds is 2. The fourth-order valence-electron chi connectivity index (χ4n) is 1.52. The van der Waals surface area contributed by atoms with Crippen LogP contribution in [-0.4, -0.2) is 6.04 Å². The van der Waals surface area contributed by atoms with Crippen molar-refractivity contribution in [2.75, 3.05) is 0 Å². The number of hydrogen-bond donors (Lipinski definition) is 1. The minimum atomic E-state index is 0.458. The van der Waals surface area contributed by atoms with Gasteiger partial charge in [0.25, 0.3) is 0 Å². The second kappa shape index (κ2) is 1.98. The van der Waals surface area contributed by atoms with Gasteiger partial charge in [0.05, 0.1) is 0 Å². The van der Waals surface area contributed by atoms with Gasteiger partial charge in [-0.15, -0.1) is 0 Å². The van der Waals surface area contributed by atoms with Crippen LogP contribution in [-0.2, 0) is 0 Å². The molecule has 1 fully saturated rings. The first kappa shape index (κ1) is 7.07. The highest BCUT2D eigenvalue weighted by Gasteiger charge is 2.48. The van der Waals surface area contributed by atoms with Crippen molar-refractivity contribution >= 4 is 0 Å². The summed E-state index contributed by atoms with van der Waals surface area (Å²) in [5.41, 5.74) is 6.42. The molecule has 0 bridgehead atoms. The zero-order valence-corrected chi connectivity index (χ0v) is 6.65. The molecule has 0 saturated heterocycles. The normalized spacial score (nSPS) is 34.0. The molecular weight excluding hydrogens is 110 g/mol. The topological polar surface area (TPSA) is 26.0 Å². The molecule has 1 rings (SSSR count). The van der Waals surface area contributed by atoms with E-state index in [-0.39, 0.29) is 0 Å². The number of nitrogens with two attached hydrogens (primary N) is 1. The molecule has 0 radical (unpaired) electrons. The van der Waals surface area contributed by atoms with E-state index < -0.39 is 0 Å². The average molecular weight is 127 g/mol. The Morgan fingerprint density at radius 2 is 2.11 bits per heavy atom. The zero-order chi connectivity index (χ0) is 7.07. The lowest BCUT2D eigenvalue weighted by molar-refractivity contribution is 0.469. The molecule has 9 heavy (non-hydrogen) atoms. The average Bonchev–Trinajstić information content (AvgIpc) is 2.38. The quantitative estimate of drug-likeness (QED) is 0.601. The largest absolute Gasteiger partial charge is 0.327 e. The molecule has 0 aromatic heterocycles. The van der Waals surface area contributed by atoms with Gasteiger partial charge in [-0.2, -0.15) is 0 Å². The molecule has 2 atom stereocenters. The van der Waals surface area contributed by atoms with Crippen molar-refractivity contribution in [1.82, 2.24) is 0 Å². The molecule has 0 amide bonds. The lowest BCUT2D eigenvalue weighted by Crippen LogP contribution is -2.23. The molecule has 1 nitrogen and oxygen atoms in total. The molecule has 0 spiro atoms. The summed E-state index contributed by atoms with van der Waals surface area (Å²) >= 11 is 0. The van der Waals surface area contributed by atoms with Crippen LogP contribution in [0.3, 0.4) is 0 Å². The number of hydrogen-bond acceptors (Lipinski definition) is 1. The summed E-state index contributed by atoms with van der Waals surface area (Å²) in [7, 11) is 0. The van der Waals surface area contributed by atoms with Gasteiger partial charge in [0.1, 0.15) is 0 Å². The van der Waals surface area contributed by atoms with E-state index in [1.165, 1.54) is 6.42 Å². The predicted octanol–water partition coefficient (Wildman–Crippen LogP) is 1.77. The monoisotopic (exact) mass is 127 g/mol. The van der Waals surface area contributed by atoms with Gasteiger partial charge in [-0.05, 0) is 24.2 Å². The van der Waals surface area contributed by atoms with Crippen LogP contribution in [0.25, 0.3) is 0 Å². The lowest BCUT2D eigenvalue weighted by atomic mass is 10.0. The first-order valence-corrected chi connectivity index (χ1v) is 3.83. The maximum Gasteiger partial charge on any atom is 0.00698 e. The van der Waals surface area contributed by atoms with Crippen LogP contribution in [0.2, 0.25) is 0 Å². The van der Waals surface area contributed by atoms with E-state index in [1.54, 1.807) is 0 Å². The second-order valence-electron chi connectivity index (χ2n) is 3.87. The van der Waals surface area contributed by atoms with E-state index in [4.69, 9.17) is 5.73 Å². The second-order valence-corrected chi connectivity index (χ2v) is 3.87. The highest BCUT2D eigenvalue weighted by atomic mass is 14.7. The summed E-state index contributed by atoms with van der Waals surface area (Å²) < 4.78 is 0. The summed E-state index contributed by atoms with van der Waals surface area (Å²) in [5.74, 6) is 0.808. The molecule has 0 unspecified atom stereocenters. The van der Waals surface area contributed by atoms with E-state index in [2.05, 4.69) is 20.8 Å². The van der Waals surface area contributed by atoms with E-state index in [0.29, 0.717) is 11.5 Å². The summed E-state index contributed by atoms with van der Waals surface area (Å²) in [6.45, 7) is 6.76. The Hall–Kier alpha value is -0.0400. The Labute approximate surface area is 57.6 Å². The Kier molecular flexibility index (Phi) is 1.55. The third-order valence-corrected chi connectivity index (χ3v) is 2.58. The SMILES string of the molecule is CC[C@@H](N)[C@H]1CC1(C)C. The highest BCUT2D eigenvalue weighted by molar-refractivity contribution is 5.00. The molecule has 1 saturated carbocycles. The fraction of sp³-hybridized carbons (Fsp3) is 1.00. The van der Waals surface area contributed by atoms with Crippen molar-refractivity contribution in [3.8, 4) is 0 Å². The molecule has 2 N–H and O–H groups in total. The van der Waals surface area contributed by atoms with E-state index in [1.807, 2.05) is 0 Å². The molecule has 1 aliphatic rings. The first-order valence-electron chi connectivity index (χ1n) is 3.83. The van der Waals surface area contributed by atoms with Gasteiger partial charge >= 0.3 is 0 Å². The van der Waals surface area contributed by atoms with Gasteiger partial charge in [0, 0.05) is 6.04 Å². The standard InChI is InChI=1S/C8H17N/c1-4-7(9)6-5-8(6,2)3/h6-7H,4-5,9H2,1-3H3/t6-,7-/m1/s1. The Bertz CT molecular complexity index is 107. The van der Waals surface area contributed by atoms with Crippen molar-refractivity contribution in [1.29, 1.82) is 0 Å². The highest BCUT2D eigenvalue weighted by Crippen LogP contribution is 2.53. The van der Waals surface area contributed by atoms with Crippen molar-refractivity contribution in [3.63, 3.8) is 0 Å². The van der Waals surface area contributed by atoms with E-state index in [0.717, 1.165) is 12.3 Å². The Morgan fingerprint density at radius 1 is 1.67 bits per heavy atom. The molecule has 1 heteroatoms. The maximum absolute atomic E-state index is 5.85. The van der Waals surface area contributed by atoms with Gasteiger partial charge in [-0.25, -0.2) is 0 Å². The summed E-state index contributed by atoms with van der Waals surface area (Å²) in [6, 6.07) is 0.458. The predicted molar refractivity (Wildman–Crippen MR) is 40.2 cm³/mol. The van der Waals surface area contributed by atoms with Gasteiger partial charge < -0.3 is 5.73 Å². The fourth-order valence-corrected chi connectivity index (χ4v) is 1.52.